The third-order valence-electron chi connectivity index (χ3n) is 7.40. The molecule has 1 amide bonds. The number of rotatable bonds is 4. The number of aliphatic imine (C=N–C) groups is 1. The molecule has 190 valence electrons. The summed E-state index contributed by atoms with van der Waals surface area (Å²) in [6, 6.07) is 8.32. The molecule has 6 heterocycles. The first kappa shape index (κ1) is 23.7. The molecule has 1 aromatic heterocycles. The van der Waals surface area contributed by atoms with Crippen molar-refractivity contribution in [3.05, 3.63) is 47.8 Å². The number of hydrogen-bond acceptors (Lipinski definition) is 9. The van der Waals surface area contributed by atoms with Gasteiger partial charge in [-0.15, -0.1) is 0 Å². The summed E-state index contributed by atoms with van der Waals surface area (Å²) in [5.74, 6) is 1.72. The van der Waals surface area contributed by atoms with Crippen molar-refractivity contribution in [1.29, 1.82) is 0 Å². The highest BCUT2D eigenvalue weighted by Crippen LogP contribution is 2.43. The average Bonchev–Trinajstić information content (AvgIpc) is 3.47. The van der Waals surface area contributed by atoms with Crippen LogP contribution >= 0.6 is 11.8 Å². The van der Waals surface area contributed by atoms with E-state index in [9.17, 15) is 13.2 Å². The lowest BCUT2D eigenvalue weighted by Crippen LogP contribution is -2.57. The number of hydrogen-bond donors (Lipinski definition) is 2. The van der Waals surface area contributed by atoms with Crippen molar-refractivity contribution in [3.63, 3.8) is 0 Å². The van der Waals surface area contributed by atoms with Crippen molar-refractivity contribution < 1.29 is 17.9 Å². The fourth-order valence-electron chi connectivity index (χ4n) is 5.42. The van der Waals surface area contributed by atoms with Gasteiger partial charge >= 0.3 is 0 Å². The molecule has 3 saturated heterocycles. The van der Waals surface area contributed by atoms with Crippen LogP contribution in [0, 0.1) is 5.92 Å². The van der Waals surface area contributed by atoms with Crippen LogP contribution in [-0.4, -0.2) is 67.0 Å². The summed E-state index contributed by atoms with van der Waals surface area (Å²) in [6.45, 7) is 5.07. The molecular weight excluding hydrogens is 500 g/mol. The highest BCUT2D eigenvalue weighted by molar-refractivity contribution is 8.14. The fraction of sp³-hybridized carbons (Fsp3) is 0.458. The van der Waals surface area contributed by atoms with Crippen LogP contribution in [0.15, 0.2) is 46.4 Å². The predicted octanol–water partition coefficient (Wildman–Crippen LogP) is 1.94. The van der Waals surface area contributed by atoms with Gasteiger partial charge in [-0.3, -0.25) is 19.7 Å². The molecule has 10 nitrogen and oxygen atoms in total. The van der Waals surface area contributed by atoms with Gasteiger partial charge in [0.1, 0.15) is 11.4 Å². The maximum Gasteiger partial charge on any atom is 0.270 e. The number of fused-ring (bicyclic) bond motifs is 4. The van der Waals surface area contributed by atoms with Gasteiger partial charge in [-0.2, -0.15) is 0 Å². The minimum Gasteiger partial charge on any atom is -0.468 e. The van der Waals surface area contributed by atoms with Gasteiger partial charge in [0.15, 0.2) is 11.4 Å². The van der Waals surface area contributed by atoms with E-state index in [1.54, 1.807) is 30.1 Å². The Hall–Kier alpha value is -2.67. The zero-order valence-corrected chi connectivity index (χ0v) is 21.5. The molecule has 1 aromatic carbocycles. The lowest BCUT2D eigenvalue weighted by Gasteiger charge is -2.44. The number of carbonyl (C=O) groups excluding carboxylic acids is 1. The third kappa shape index (κ3) is 4.36. The van der Waals surface area contributed by atoms with E-state index in [2.05, 4.69) is 15.2 Å². The number of anilines is 1. The first-order chi connectivity index (χ1) is 17.3. The number of nitrogens with two attached hydrogens (primary N) is 1. The second-order valence-electron chi connectivity index (χ2n) is 9.69. The summed E-state index contributed by atoms with van der Waals surface area (Å²) >= 11 is 1.57. The second-order valence-corrected chi connectivity index (χ2v) is 12.2. The lowest BCUT2D eigenvalue weighted by atomic mass is 9.84. The number of primary sulfonamides is 1. The molecule has 5 aliphatic rings. The average molecular weight is 529 g/mol. The van der Waals surface area contributed by atoms with Crippen LogP contribution in [0.5, 0.6) is 5.75 Å². The maximum atomic E-state index is 12.8. The molecule has 0 aliphatic carbocycles. The summed E-state index contributed by atoms with van der Waals surface area (Å²) in [5.41, 5.74) is 1.96. The molecule has 2 bridgehead atoms. The molecule has 3 atom stereocenters. The molecule has 3 fully saturated rings. The summed E-state index contributed by atoms with van der Waals surface area (Å²) < 4.78 is 29.6. The molecule has 3 unspecified atom stereocenters. The summed E-state index contributed by atoms with van der Waals surface area (Å²) in [4.78, 5) is 26.4. The number of thioether (sulfide) groups is 1. The van der Waals surface area contributed by atoms with Gasteiger partial charge in [0.05, 0.1) is 16.6 Å². The summed E-state index contributed by atoms with van der Waals surface area (Å²) in [6.07, 6.45) is 3.67. The fourth-order valence-corrected chi connectivity index (χ4v) is 7.12. The van der Waals surface area contributed by atoms with Gasteiger partial charge in [0.25, 0.3) is 5.91 Å². The van der Waals surface area contributed by atoms with Gasteiger partial charge in [0, 0.05) is 24.5 Å². The molecule has 2 aromatic rings. The van der Waals surface area contributed by atoms with Gasteiger partial charge < -0.3 is 15.0 Å². The van der Waals surface area contributed by atoms with E-state index in [0.717, 1.165) is 43.2 Å². The number of amides is 1. The van der Waals surface area contributed by atoms with Crippen molar-refractivity contribution in [3.8, 4) is 5.75 Å². The number of pyridine rings is 1. The Morgan fingerprint density at radius 2 is 2.03 bits per heavy atom. The van der Waals surface area contributed by atoms with Crippen LogP contribution in [0.25, 0.3) is 0 Å². The van der Waals surface area contributed by atoms with Crippen molar-refractivity contribution in [2.75, 3.05) is 30.3 Å². The number of aromatic nitrogens is 1. The molecule has 0 radical (unpaired) electrons. The smallest absolute Gasteiger partial charge is 0.270 e. The van der Waals surface area contributed by atoms with E-state index in [1.807, 2.05) is 17.9 Å². The van der Waals surface area contributed by atoms with Crippen molar-refractivity contribution in [2.24, 2.45) is 16.0 Å². The van der Waals surface area contributed by atoms with Gasteiger partial charge in [0.2, 0.25) is 10.0 Å². The number of amidine groups is 1. The van der Waals surface area contributed by atoms with E-state index in [-0.39, 0.29) is 29.1 Å². The largest absolute Gasteiger partial charge is 0.468 e. The van der Waals surface area contributed by atoms with Crippen molar-refractivity contribution in [2.45, 2.75) is 43.0 Å². The Bertz CT molecular complexity index is 1320. The van der Waals surface area contributed by atoms with Crippen LogP contribution in [0.2, 0.25) is 0 Å². The zero-order chi connectivity index (χ0) is 25.0. The predicted molar refractivity (Wildman–Crippen MR) is 138 cm³/mol. The summed E-state index contributed by atoms with van der Waals surface area (Å²) in [7, 11) is -3.84. The number of carbonyl (C=O) groups is 1. The van der Waals surface area contributed by atoms with Gasteiger partial charge in [-0.05, 0) is 68.6 Å². The SMILES string of the molecule is CC1Oc2ccc(S(N)(=O)=O)cc2N1C1=NC(c2ccc(C(=O)NC3CN4CCC3CC4)nc2)CS1. The van der Waals surface area contributed by atoms with E-state index in [1.165, 1.54) is 12.1 Å². The van der Waals surface area contributed by atoms with E-state index >= 15 is 0 Å². The first-order valence-corrected chi connectivity index (χ1v) is 14.6. The van der Waals surface area contributed by atoms with Crippen LogP contribution in [-0.2, 0) is 10.0 Å². The molecule has 0 spiro atoms. The molecular formula is C24H28N6O4S2. The number of nitrogens with zero attached hydrogens (tertiary/aromatic N) is 4. The molecule has 7 rings (SSSR count). The maximum absolute atomic E-state index is 12.8. The Labute approximate surface area is 214 Å². The Morgan fingerprint density at radius 3 is 2.69 bits per heavy atom. The molecule has 12 heteroatoms. The summed E-state index contributed by atoms with van der Waals surface area (Å²) in [5, 5.41) is 9.24. The Kier molecular flexibility index (Phi) is 5.94. The van der Waals surface area contributed by atoms with Crippen LogP contribution in [0.1, 0.15) is 41.9 Å². The number of piperidine rings is 3. The molecule has 36 heavy (non-hydrogen) atoms. The Balaban J connectivity index is 1.17. The molecule has 0 saturated carbocycles. The van der Waals surface area contributed by atoms with Gasteiger partial charge in [-0.25, -0.2) is 13.6 Å². The Morgan fingerprint density at radius 1 is 1.22 bits per heavy atom. The second kappa shape index (κ2) is 9.02. The van der Waals surface area contributed by atoms with Crippen molar-refractivity contribution >= 4 is 38.5 Å². The minimum atomic E-state index is -3.84. The van der Waals surface area contributed by atoms with Gasteiger partial charge in [-0.1, -0.05) is 17.8 Å². The standard InChI is InChI=1S/C24H28N6O4S2/c1-14-30(21-10-17(36(25,32)33)3-5-22(21)34-14)24-28-20(13-35-24)16-2-4-18(26-11-16)23(31)27-19-12-29-8-6-15(19)7-9-29/h2-5,10-11,14-15,19-20H,6-9,12-13H2,1H3,(H,27,31)(H2,25,32,33). The van der Waals surface area contributed by atoms with Crippen LogP contribution in [0.3, 0.4) is 0 Å². The number of benzene rings is 1. The topological polar surface area (TPSA) is 130 Å². The number of ether oxygens (including phenoxy) is 1. The van der Waals surface area contributed by atoms with Crippen LogP contribution < -0.4 is 20.1 Å². The molecule has 3 N–H and O–H groups in total. The number of sulfonamides is 1. The van der Waals surface area contributed by atoms with E-state index in [4.69, 9.17) is 14.9 Å². The quantitative estimate of drug-likeness (QED) is 0.616. The highest BCUT2D eigenvalue weighted by atomic mass is 32.2. The van der Waals surface area contributed by atoms with Crippen LogP contribution in [0.4, 0.5) is 5.69 Å². The van der Waals surface area contributed by atoms with Crippen molar-refractivity contribution in [1.82, 2.24) is 15.2 Å². The highest BCUT2D eigenvalue weighted by Gasteiger charge is 2.37. The first-order valence-electron chi connectivity index (χ1n) is 12.1. The van der Waals surface area contributed by atoms with E-state index < -0.39 is 10.0 Å². The monoisotopic (exact) mass is 528 g/mol. The third-order valence-corrected chi connectivity index (χ3v) is 9.35. The minimum absolute atomic E-state index is 0.0282. The normalized spacial score (nSPS) is 29.0. The molecule has 5 aliphatic heterocycles. The number of nitrogens with one attached hydrogen (secondary N) is 1. The van der Waals surface area contributed by atoms with E-state index in [0.29, 0.717) is 28.8 Å². The lowest BCUT2D eigenvalue weighted by molar-refractivity contribution is 0.0617. The zero-order valence-electron chi connectivity index (χ0n) is 19.8.